The number of aliphatic hydroxyl groups is 1. The number of piperidine rings is 1. The number of ether oxygens (including phenoxy) is 1. The summed E-state index contributed by atoms with van der Waals surface area (Å²) < 4.78 is 30.6. The summed E-state index contributed by atoms with van der Waals surface area (Å²) in [6, 6.07) is 1.82. The topological polar surface area (TPSA) is 129 Å². The number of thiophene rings is 1. The molecule has 2 fully saturated rings. The van der Waals surface area contributed by atoms with E-state index in [2.05, 4.69) is 21.7 Å². The van der Waals surface area contributed by atoms with Gasteiger partial charge in [-0.3, -0.25) is 9.69 Å². The molecule has 0 aliphatic carbocycles. The van der Waals surface area contributed by atoms with Crippen LogP contribution >= 0.6 is 11.3 Å². The number of aryl methyl sites for hydroxylation is 1. The first-order chi connectivity index (χ1) is 19.5. The van der Waals surface area contributed by atoms with E-state index in [0.29, 0.717) is 44.2 Å². The number of amides is 1. The molecule has 1 atom stereocenters. The van der Waals surface area contributed by atoms with Crippen LogP contribution in [0.1, 0.15) is 42.2 Å². The molecule has 2 aliphatic rings. The van der Waals surface area contributed by atoms with Gasteiger partial charge in [0.15, 0.2) is 9.84 Å². The maximum absolute atomic E-state index is 12.2. The molecule has 0 radical (unpaired) electrons. The van der Waals surface area contributed by atoms with Gasteiger partial charge in [-0.15, -0.1) is 11.3 Å². The summed E-state index contributed by atoms with van der Waals surface area (Å²) in [6.07, 6.45) is 5.27. The Morgan fingerprint density at radius 2 is 1.83 bits per heavy atom. The lowest BCUT2D eigenvalue weighted by Gasteiger charge is -2.35. The van der Waals surface area contributed by atoms with Gasteiger partial charge >= 0.3 is 0 Å². The number of aromatic nitrogens is 3. The minimum absolute atomic E-state index is 0.178. The number of sulfone groups is 1. The molecular weight excluding hydrogens is 564 g/mol. The summed E-state index contributed by atoms with van der Waals surface area (Å²) in [6.45, 7) is 8.66. The number of piperazine rings is 1. The fraction of sp³-hybridized carbons (Fsp3) is 0.571. The van der Waals surface area contributed by atoms with E-state index >= 15 is 0 Å². The van der Waals surface area contributed by atoms with E-state index in [1.54, 1.807) is 22.4 Å². The van der Waals surface area contributed by atoms with E-state index in [1.165, 1.54) is 26.7 Å². The Balaban J connectivity index is 1.55. The molecule has 0 saturated carbocycles. The first kappa shape index (κ1) is 29.6. The third kappa shape index (κ3) is 6.63. The van der Waals surface area contributed by atoms with E-state index in [4.69, 9.17) is 14.7 Å². The number of methoxy groups -OCH3 is 1. The number of fused-ring (bicyclic) bond motifs is 1. The van der Waals surface area contributed by atoms with Gasteiger partial charge in [0.25, 0.3) is 5.91 Å². The van der Waals surface area contributed by atoms with Crippen molar-refractivity contribution >= 4 is 43.2 Å². The third-order valence-corrected chi connectivity index (χ3v) is 9.67. The summed E-state index contributed by atoms with van der Waals surface area (Å²) in [5, 5.41) is 9.69. The Hall–Kier alpha value is -2.87. The van der Waals surface area contributed by atoms with Crippen LogP contribution in [-0.2, 0) is 26.9 Å². The zero-order chi connectivity index (χ0) is 29.3. The van der Waals surface area contributed by atoms with Crippen LogP contribution in [0.2, 0.25) is 0 Å². The molecule has 0 bridgehead atoms. The number of hydrogen-bond acceptors (Lipinski definition) is 11. The average Bonchev–Trinajstić information content (AvgIpc) is 3.26. The van der Waals surface area contributed by atoms with E-state index in [1.807, 2.05) is 6.07 Å². The molecule has 0 spiro atoms. The second kappa shape index (κ2) is 12.2. The molecule has 11 nitrogen and oxygen atoms in total. The van der Waals surface area contributed by atoms with Gasteiger partial charge in [-0.05, 0) is 39.2 Å². The molecular formula is C28H38N6O5S2. The molecule has 5 heterocycles. The van der Waals surface area contributed by atoms with Crippen LogP contribution in [0.4, 0.5) is 5.95 Å². The molecule has 1 amide bonds. The molecule has 1 N–H and O–H groups in total. The fourth-order valence-electron chi connectivity index (χ4n) is 5.55. The third-order valence-electron chi connectivity index (χ3n) is 7.69. The minimum Gasteiger partial charge on any atom is -0.481 e. The highest BCUT2D eigenvalue weighted by Gasteiger charge is 2.27. The number of aliphatic hydroxyl groups excluding tert-OH is 1. The van der Waals surface area contributed by atoms with Crippen molar-refractivity contribution in [3.8, 4) is 17.1 Å². The standard InChI is InChI=1S/C28H38N6O5S2/c1-18(35)27(36)33-12-10-32(11-13-33)16-22-19(2)40-25-23(30-28(31-24(22)25)34-8-6-5-7-9-34)20-14-21(17-41(4,37)38)26(39-3)29-15-20/h14-15,18,35H,5-13,16-17H2,1-4H3/t18-/m1/s1. The molecule has 2 aliphatic heterocycles. The molecule has 3 aromatic rings. The lowest BCUT2D eigenvalue weighted by molar-refractivity contribution is -0.141. The van der Waals surface area contributed by atoms with Crippen LogP contribution in [-0.4, -0.2) is 103 Å². The SMILES string of the molecule is COc1ncc(-c2nc(N3CCCCC3)nc3c(CN4CCN(C(=O)[C@@H](C)O)CC4)c(C)sc23)cc1CS(C)(=O)=O. The second-order valence-corrected chi connectivity index (χ2v) is 14.3. The molecule has 5 rings (SSSR count). The predicted molar refractivity (Wildman–Crippen MR) is 160 cm³/mol. The molecule has 41 heavy (non-hydrogen) atoms. The van der Waals surface area contributed by atoms with Gasteiger partial charge in [0.05, 0.1) is 28.8 Å². The Labute approximate surface area is 245 Å². The predicted octanol–water partition coefficient (Wildman–Crippen LogP) is 2.63. The van der Waals surface area contributed by atoms with Gasteiger partial charge in [-0.1, -0.05) is 0 Å². The van der Waals surface area contributed by atoms with Crippen molar-refractivity contribution in [1.82, 2.24) is 24.8 Å². The number of carbonyl (C=O) groups excluding carboxylic acids is 1. The Morgan fingerprint density at radius 3 is 2.46 bits per heavy atom. The summed E-state index contributed by atoms with van der Waals surface area (Å²) >= 11 is 1.64. The monoisotopic (exact) mass is 602 g/mol. The summed E-state index contributed by atoms with van der Waals surface area (Å²) in [5.74, 6) is 0.562. The number of anilines is 1. The van der Waals surface area contributed by atoms with Crippen molar-refractivity contribution in [3.63, 3.8) is 0 Å². The Kier molecular flexibility index (Phi) is 8.78. The molecule has 0 aromatic carbocycles. The van der Waals surface area contributed by atoms with Crippen molar-refractivity contribution < 1.29 is 23.1 Å². The van der Waals surface area contributed by atoms with Crippen LogP contribution in [0.15, 0.2) is 12.3 Å². The molecule has 0 unspecified atom stereocenters. The maximum Gasteiger partial charge on any atom is 0.251 e. The molecule has 2 saturated heterocycles. The first-order valence-corrected chi connectivity index (χ1v) is 16.9. The van der Waals surface area contributed by atoms with Crippen molar-refractivity contribution in [2.45, 2.75) is 51.5 Å². The van der Waals surface area contributed by atoms with Crippen LogP contribution in [0.3, 0.4) is 0 Å². The summed E-state index contributed by atoms with van der Waals surface area (Å²) in [7, 11) is -1.83. The van der Waals surface area contributed by atoms with E-state index in [-0.39, 0.29) is 17.5 Å². The van der Waals surface area contributed by atoms with Gasteiger partial charge in [0, 0.05) is 79.8 Å². The second-order valence-electron chi connectivity index (χ2n) is 11.0. The molecule has 13 heteroatoms. The zero-order valence-electron chi connectivity index (χ0n) is 24.1. The van der Waals surface area contributed by atoms with Crippen LogP contribution < -0.4 is 9.64 Å². The lowest BCUT2D eigenvalue weighted by atomic mass is 10.1. The first-order valence-electron chi connectivity index (χ1n) is 14.0. The largest absolute Gasteiger partial charge is 0.481 e. The van der Waals surface area contributed by atoms with Gasteiger partial charge in [-0.2, -0.15) is 0 Å². The van der Waals surface area contributed by atoms with Crippen molar-refractivity contribution in [2.75, 3.05) is 57.5 Å². The maximum atomic E-state index is 12.2. The number of pyridine rings is 1. The van der Waals surface area contributed by atoms with Gasteiger partial charge in [-0.25, -0.2) is 23.4 Å². The van der Waals surface area contributed by atoms with E-state index < -0.39 is 15.9 Å². The van der Waals surface area contributed by atoms with Crippen LogP contribution in [0.25, 0.3) is 21.5 Å². The van der Waals surface area contributed by atoms with Crippen molar-refractivity contribution in [2.24, 2.45) is 0 Å². The van der Waals surface area contributed by atoms with Crippen LogP contribution in [0.5, 0.6) is 5.88 Å². The lowest BCUT2D eigenvalue weighted by Crippen LogP contribution is -2.50. The molecule has 222 valence electrons. The fourth-order valence-corrected chi connectivity index (χ4v) is 7.44. The highest BCUT2D eigenvalue weighted by Crippen LogP contribution is 2.39. The van der Waals surface area contributed by atoms with Gasteiger partial charge in [0.1, 0.15) is 6.10 Å². The van der Waals surface area contributed by atoms with E-state index in [9.17, 15) is 18.3 Å². The van der Waals surface area contributed by atoms with Gasteiger partial charge in [0.2, 0.25) is 11.8 Å². The number of hydrogen-bond donors (Lipinski definition) is 1. The average molecular weight is 603 g/mol. The summed E-state index contributed by atoms with van der Waals surface area (Å²) in [4.78, 5) is 34.3. The molecule has 3 aromatic heterocycles. The number of nitrogens with zero attached hydrogens (tertiary/aromatic N) is 6. The quantitative estimate of drug-likeness (QED) is 0.411. The smallest absolute Gasteiger partial charge is 0.251 e. The van der Waals surface area contributed by atoms with Gasteiger partial charge < -0.3 is 19.6 Å². The van der Waals surface area contributed by atoms with Crippen molar-refractivity contribution in [3.05, 3.63) is 28.3 Å². The Morgan fingerprint density at radius 1 is 1.12 bits per heavy atom. The minimum atomic E-state index is -3.31. The number of carbonyl (C=O) groups is 1. The highest BCUT2D eigenvalue weighted by atomic mass is 32.2. The summed E-state index contributed by atoms with van der Waals surface area (Å²) in [5.41, 5.74) is 4.01. The van der Waals surface area contributed by atoms with Crippen molar-refractivity contribution in [1.29, 1.82) is 0 Å². The van der Waals surface area contributed by atoms with Crippen LogP contribution in [0, 0.1) is 6.92 Å². The number of rotatable bonds is 8. The zero-order valence-corrected chi connectivity index (χ0v) is 25.7. The highest BCUT2D eigenvalue weighted by molar-refractivity contribution is 7.89. The van der Waals surface area contributed by atoms with E-state index in [0.717, 1.165) is 57.8 Å². The normalized spacial score (nSPS) is 17.7. The Bertz CT molecular complexity index is 1530.